The number of aromatic nitrogens is 5. The van der Waals surface area contributed by atoms with Crippen LogP contribution in [0.25, 0.3) is 10.9 Å². The van der Waals surface area contributed by atoms with Gasteiger partial charge in [-0.15, -0.1) is 5.10 Å². The molecule has 0 radical (unpaired) electrons. The van der Waals surface area contributed by atoms with Crippen LogP contribution in [0.3, 0.4) is 0 Å². The minimum Gasteiger partial charge on any atom is -0.322 e. The van der Waals surface area contributed by atoms with E-state index in [0.29, 0.717) is 6.04 Å². The predicted molar refractivity (Wildman–Crippen MR) is 136 cm³/mol. The molecule has 6 rings (SSSR count). The van der Waals surface area contributed by atoms with Gasteiger partial charge >= 0.3 is 0 Å². The summed E-state index contributed by atoms with van der Waals surface area (Å²) in [7, 11) is 0. The highest BCUT2D eigenvalue weighted by molar-refractivity contribution is 5.79. The van der Waals surface area contributed by atoms with Crippen LogP contribution in [-0.4, -0.2) is 67.2 Å². The Morgan fingerprint density at radius 3 is 2.40 bits per heavy atom. The molecule has 0 amide bonds. The van der Waals surface area contributed by atoms with Crippen molar-refractivity contribution in [1.29, 1.82) is 0 Å². The minimum atomic E-state index is -0.243. The first kappa shape index (κ1) is 22.9. The van der Waals surface area contributed by atoms with Crippen LogP contribution in [-0.2, 0) is 0 Å². The third-order valence-corrected chi connectivity index (χ3v) is 8.56. The van der Waals surface area contributed by atoms with E-state index in [0.717, 1.165) is 67.4 Å². The lowest BCUT2D eigenvalue weighted by molar-refractivity contribution is 0.0613. The van der Waals surface area contributed by atoms with E-state index in [9.17, 15) is 4.79 Å². The second-order valence-corrected chi connectivity index (χ2v) is 10.8. The molecule has 2 aliphatic carbocycles. The van der Waals surface area contributed by atoms with Gasteiger partial charge in [-0.25, -0.2) is 4.68 Å². The van der Waals surface area contributed by atoms with Gasteiger partial charge in [-0.2, -0.15) is 0 Å². The van der Waals surface area contributed by atoms with Crippen LogP contribution >= 0.6 is 0 Å². The van der Waals surface area contributed by atoms with E-state index < -0.39 is 0 Å². The summed E-state index contributed by atoms with van der Waals surface area (Å²) < 4.78 is 2.03. The third kappa shape index (κ3) is 4.54. The Morgan fingerprint density at radius 2 is 1.63 bits per heavy atom. The van der Waals surface area contributed by atoms with Crippen LogP contribution in [0.4, 0.5) is 0 Å². The molecule has 3 aliphatic rings. The lowest BCUT2D eigenvalue weighted by Crippen LogP contribution is -2.52. The van der Waals surface area contributed by atoms with Gasteiger partial charge in [0.25, 0.3) is 5.56 Å². The normalized spacial score (nSPS) is 22.2. The number of hydrogen-bond donors (Lipinski definition) is 1. The Bertz CT molecular complexity index is 1210. The van der Waals surface area contributed by atoms with E-state index in [-0.39, 0.29) is 11.6 Å². The summed E-state index contributed by atoms with van der Waals surface area (Å²) in [5.41, 5.74) is 2.77. The summed E-state index contributed by atoms with van der Waals surface area (Å²) in [5.74, 6) is 0.820. The maximum Gasteiger partial charge on any atom is 0.253 e. The average molecular weight is 476 g/mol. The van der Waals surface area contributed by atoms with Crippen LogP contribution in [0, 0.1) is 6.92 Å². The first-order chi connectivity index (χ1) is 17.2. The van der Waals surface area contributed by atoms with Gasteiger partial charge in [-0.1, -0.05) is 43.7 Å². The van der Waals surface area contributed by atoms with Crippen molar-refractivity contribution in [3.05, 3.63) is 51.6 Å². The number of benzene rings is 1. The highest BCUT2D eigenvalue weighted by Crippen LogP contribution is 2.34. The minimum absolute atomic E-state index is 0.0398. The molecule has 8 heteroatoms. The van der Waals surface area contributed by atoms with Crippen LogP contribution in [0.15, 0.2) is 29.1 Å². The molecule has 1 saturated heterocycles. The second-order valence-electron chi connectivity index (χ2n) is 10.8. The van der Waals surface area contributed by atoms with Gasteiger partial charge < -0.3 is 4.98 Å². The SMILES string of the molecule is Cc1ccc2[nH]c(=O)c([C@H](c3nnnn3C3CCCC3)N3CCN(C4CCCCC4)CC3)cc2c1. The van der Waals surface area contributed by atoms with Crippen molar-refractivity contribution in [2.75, 3.05) is 26.2 Å². The molecule has 1 aromatic carbocycles. The molecular weight excluding hydrogens is 438 g/mol. The molecule has 2 aromatic heterocycles. The van der Waals surface area contributed by atoms with Gasteiger partial charge in [0, 0.05) is 43.3 Å². The largest absolute Gasteiger partial charge is 0.322 e. The van der Waals surface area contributed by atoms with Crippen molar-refractivity contribution in [1.82, 2.24) is 35.0 Å². The Labute approximate surface area is 206 Å². The molecule has 35 heavy (non-hydrogen) atoms. The van der Waals surface area contributed by atoms with E-state index >= 15 is 0 Å². The Morgan fingerprint density at radius 1 is 0.914 bits per heavy atom. The van der Waals surface area contributed by atoms with E-state index in [2.05, 4.69) is 49.4 Å². The smallest absolute Gasteiger partial charge is 0.253 e. The van der Waals surface area contributed by atoms with E-state index in [4.69, 9.17) is 0 Å². The Kier molecular flexibility index (Phi) is 6.41. The zero-order valence-electron chi connectivity index (χ0n) is 20.8. The van der Waals surface area contributed by atoms with Gasteiger partial charge in [0.1, 0.15) is 6.04 Å². The summed E-state index contributed by atoms with van der Waals surface area (Å²) in [6, 6.07) is 9.07. The maximum absolute atomic E-state index is 13.5. The number of piperazine rings is 1. The number of H-pyrrole nitrogens is 1. The molecule has 0 bridgehead atoms. The number of nitrogens with one attached hydrogen (secondary N) is 1. The summed E-state index contributed by atoms with van der Waals surface area (Å²) in [5, 5.41) is 14.2. The van der Waals surface area contributed by atoms with Crippen LogP contribution < -0.4 is 5.56 Å². The highest BCUT2D eigenvalue weighted by atomic mass is 16.1. The van der Waals surface area contributed by atoms with Crippen molar-refractivity contribution in [3.8, 4) is 0 Å². The molecule has 8 nitrogen and oxygen atoms in total. The van der Waals surface area contributed by atoms with Crippen LogP contribution in [0.1, 0.15) is 86.8 Å². The quantitative estimate of drug-likeness (QED) is 0.601. The molecule has 3 heterocycles. The fraction of sp³-hybridized carbons (Fsp3) is 0.630. The Hall–Kier alpha value is -2.58. The van der Waals surface area contributed by atoms with Crippen molar-refractivity contribution in [3.63, 3.8) is 0 Å². The van der Waals surface area contributed by atoms with Crippen molar-refractivity contribution >= 4 is 10.9 Å². The summed E-state index contributed by atoms with van der Waals surface area (Å²) in [6.07, 6.45) is 11.4. The van der Waals surface area contributed by atoms with E-state index in [1.54, 1.807) is 0 Å². The number of pyridine rings is 1. The highest BCUT2D eigenvalue weighted by Gasteiger charge is 2.35. The van der Waals surface area contributed by atoms with Crippen molar-refractivity contribution in [2.45, 2.75) is 82.8 Å². The molecule has 1 N–H and O–H groups in total. The van der Waals surface area contributed by atoms with Gasteiger partial charge in [0.15, 0.2) is 5.82 Å². The van der Waals surface area contributed by atoms with Crippen LogP contribution in [0.5, 0.6) is 0 Å². The molecule has 1 aliphatic heterocycles. The molecule has 2 saturated carbocycles. The zero-order valence-corrected chi connectivity index (χ0v) is 20.8. The van der Waals surface area contributed by atoms with Gasteiger partial charge in [-0.05, 0) is 66.6 Å². The first-order valence-electron chi connectivity index (χ1n) is 13.6. The fourth-order valence-corrected chi connectivity index (χ4v) is 6.64. The summed E-state index contributed by atoms with van der Waals surface area (Å²) >= 11 is 0. The standard InChI is InChI=1S/C27H37N7O/c1-19-11-12-24-20(17-19)18-23(27(35)28-24)25(26-29-30-31-34(26)22-9-5-6-10-22)33-15-13-32(14-16-33)21-7-3-2-4-8-21/h11-12,17-18,21-22,25H,2-10,13-16H2,1H3,(H,28,35)/t25-/m1/s1. The number of rotatable bonds is 5. The molecule has 0 spiro atoms. The van der Waals surface area contributed by atoms with Crippen molar-refractivity contribution in [2.24, 2.45) is 0 Å². The number of fused-ring (bicyclic) bond motifs is 1. The molecule has 186 valence electrons. The van der Waals surface area contributed by atoms with Gasteiger partial charge in [0.2, 0.25) is 0 Å². The number of hydrogen-bond acceptors (Lipinski definition) is 6. The molecule has 0 unspecified atom stereocenters. The van der Waals surface area contributed by atoms with E-state index in [1.165, 1.54) is 50.5 Å². The first-order valence-corrected chi connectivity index (χ1v) is 13.6. The van der Waals surface area contributed by atoms with Crippen molar-refractivity contribution < 1.29 is 0 Å². The van der Waals surface area contributed by atoms with E-state index in [1.807, 2.05) is 16.8 Å². The monoisotopic (exact) mass is 475 g/mol. The average Bonchev–Trinajstić information content (AvgIpc) is 3.58. The molecule has 1 atom stereocenters. The predicted octanol–water partition coefficient (Wildman–Crippen LogP) is 3.98. The lowest BCUT2D eigenvalue weighted by Gasteiger charge is -2.43. The number of nitrogens with zero attached hydrogens (tertiary/aromatic N) is 6. The summed E-state index contributed by atoms with van der Waals surface area (Å²) in [6.45, 7) is 6.01. The molecule has 3 fully saturated rings. The second kappa shape index (κ2) is 9.82. The number of tetrazole rings is 1. The van der Waals surface area contributed by atoms with Gasteiger partial charge in [0.05, 0.1) is 6.04 Å². The molecule has 3 aromatic rings. The lowest BCUT2D eigenvalue weighted by atomic mass is 9.93. The number of aryl methyl sites for hydroxylation is 1. The van der Waals surface area contributed by atoms with Crippen LogP contribution in [0.2, 0.25) is 0 Å². The third-order valence-electron chi connectivity index (χ3n) is 8.56. The van der Waals surface area contributed by atoms with Gasteiger partial charge in [-0.3, -0.25) is 14.6 Å². The zero-order chi connectivity index (χ0) is 23.8. The Balaban J connectivity index is 1.37. The fourth-order valence-electron chi connectivity index (χ4n) is 6.64. The topological polar surface area (TPSA) is 82.9 Å². The summed E-state index contributed by atoms with van der Waals surface area (Å²) in [4.78, 5) is 21.7. The number of aromatic amines is 1. The molecular formula is C27H37N7O. The maximum atomic E-state index is 13.5.